The van der Waals surface area contributed by atoms with Crippen LogP contribution in [0.3, 0.4) is 0 Å². The Labute approximate surface area is 159 Å². The second-order valence-electron chi connectivity index (χ2n) is 5.36. The predicted octanol–water partition coefficient (Wildman–Crippen LogP) is 4.30. The third kappa shape index (κ3) is 3.38. The van der Waals surface area contributed by atoms with Gasteiger partial charge in [0.15, 0.2) is 16.3 Å². The largest absolute Gasteiger partial charge is 0.493 e. The van der Waals surface area contributed by atoms with Gasteiger partial charge in [-0.15, -0.1) is 6.58 Å². The van der Waals surface area contributed by atoms with Gasteiger partial charge in [-0.25, -0.2) is 0 Å². The van der Waals surface area contributed by atoms with E-state index in [4.69, 9.17) is 21.1 Å². The molecule has 7 heteroatoms. The van der Waals surface area contributed by atoms with E-state index < -0.39 is 0 Å². The summed E-state index contributed by atoms with van der Waals surface area (Å²) >= 11 is 7.74. The van der Waals surface area contributed by atoms with Crippen LogP contribution in [0, 0.1) is 0 Å². The number of aromatic nitrogens is 1. The molecule has 0 saturated heterocycles. The van der Waals surface area contributed by atoms with Gasteiger partial charge in [0, 0.05) is 12.1 Å². The molecule has 1 heterocycles. The number of amides is 1. The Morgan fingerprint density at radius 2 is 2.04 bits per heavy atom. The summed E-state index contributed by atoms with van der Waals surface area (Å²) in [7, 11) is 3.07. The number of nitrogens with zero attached hydrogens (tertiary/aromatic N) is 2. The van der Waals surface area contributed by atoms with Gasteiger partial charge in [-0.1, -0.05) is 35.1 Å². The summed E-state index contributed by atoms with van der Waals surface area (Å²) in [5, 5.41) is 0.612. The van der Waals surface area contributed by atoms with Gasteiger partial charge in [0.2, 0.25) is 0 Å². The quantitative estimate of drug-likeness (QED) is 0.612. The van der Waals surface area contributed by atoms with Crippen molar-refractivity contribution < 1.29 is 14.3 Å². The van der Waals surface area contributed by atoms with Crippen molar-refractivity contribution in [2.24, 2.45) is 4.99 Å². The molecule has 1 aromatic heterocycles. The van der Waals surface area contributed by atoms with E-state index in [1.165, 1.54) is 18.4 Å². The molecule has 0 aliphatic heterocycles. The van der Waals surface area contributed by atoms with E-state index in [2.05, 4.69) is 11.6 Å². The Kier molecular flexibility index (Phi) is 5.44. The average Bonchev–Trinajstić information content (AvgIpc) is 3.00. The van der Waals surface area contributed by atoms with Crippen molar-refractivity contribution in [3.8, 4) is 11.5 Å². The van der Waals surface area contributed by atoms with Crippen molar-refractivity contribution >= 4 is 39.1 Å². The number of benzene rings is 2. The maximum Gasteiger partial charge on any atom is 0.279 e. The minimum Gasteiger partial charge on any atom is -0.493 e. The molecule has 0 saturated carbocycles. The van der Waals surface area contributed by atoms with Gasteiger partial charge < -0.3 is 14.0 Å². The Morgan fingerprint density at radius 1 is 1.27 bits per heavy atom. The number of hydrogen-bond acceptors (Lipinski definition) is 4. The molecule has 134 valence electrons. The number of thiazole rings is 1. The molecule has 0 atom stereocenters. The Bertz CT molecular complexity index is 1050. The normalized spacial score (nSPS) is 11.6. The first-order valence-electron chi connectivity index (χ1n) is 7.79. The van der Waals surface area contributed by atoms with E-state index in [9.17, 15) is 4.79 Å². The maximum absolute atomic E-state index is 12.7. The lowest BCUT2D eigenvalue weighted by Gasteiger charge is -2.07. The molecule has 0 radical (unpaired) electrons. The molecule has 1 amide bonds. The highest BCUT2D eigenvalue weighted by Gasteiger charge is 2.13. The molecule has 5 nitrogen and oxygen atoms in total. The fourth-order valence-electron chi connectivity index (χ4n) is 2.59. The number of carbonyl (C=O) groups excluding carboxylic acids is 1. The standard InChI is InChI=1S/C19H17ClN2O3S/c1-4-10-22-17-13(20)6-5-7-16(17)26-19(22)21-18(23)12-8-9-14(24-2)15(11-12)25-3/h4-9,11H,1,10H2,2-3H3. The third-order valence-corrected chi connectivity index (χ3v) is 5.14. The van der Waals surface area contributed by atoms with E-state index in [1.54, 1.807) is 31.4 Å². The Balaban J connectivity index is 2.12. The summed E-state index contributed by atoms with van der Waals surface area (Å²) in [6, 6.07) is 10.6. The zero-order valence-electron chi connectivity index (χ0n) is 14.4. The molecule has 0 bridgehead atoms. The lowest BCUT2D eigenvalue weighted by molar-refractivity contribution is 0.0997. The van der Waals surface area contributed by atoms with Gasteiger partial charge in [0.05, 0.1) is 29.5 Å². The molecule has 2 aromatic carbocycles. The third-order valence-electron chi connectivity index (χ3n) is 3.79. The van der Waals surface area contributed by atoms with E-state index in [0.717, 1.165) is 10.2 Å². The van der Waals surface area contributed by atoms with Crippen LogP contribution in [0.4, 0.5) is 0 Å². The van der Waals surface area contributed by atoms with Gasteiger partial charge in [-0.2, -0.15) is 4.99 Å². The van der Waals surface area contributed by atoms with Crippen molar-refractivity contribution in [1.82, 2.24) is 4.57 Å². The highest BCUT2D eigenvalue weighted by Crippen LogP contribution is 2.28. The van der Waals surface area contributed by atoms with Crippen LogP contribution in [0.2, 0.25) is 5.02 Å². The van der Waals surface area contributed by atoms with Gasteiger partial charge in [0.1, 0.15) is 0 Å². The van der Waals surface area contributed by atoms with E-state index >= 15 is 0 Å². The van der Waals surface area contributed by atoms with Gasteiger partial charge >= 0.3 is 0 Å². The van der Waals surface area contributed by atoms with Crippen molar-refractivity contribution in [1.29, 1.82) is 0 Å². The summed E-state index contributed by atoms with van der Waals surface area (Å²) in [5.74, 6) is 0.665. The van der Waals surface area contributed by atoms with E-state index in [0.29, 0.717) is 33.4 Å². The highest BCUT2D eigenvalue weighted by atomic mass is 35.5. The fourth-order valence-corrected chi connectivity index (χ4v) is 3.99. The minimum atomic E-state index is -0.369. The lowest BCUT2D eigenvalue weighted by Crippen LogP contribution is -2.16. The molecule has 3 rings (SSSR count). The second kappa shape index (κ2) is 7.76. The van der Waals surface area contributed by atoms with Crippen LogP contribution in [0.1, 0.15) is 10.4 Å². The number of methoxy groups -OCH3 is 2. The van der Waals surface area contributed by atoms with Crippen LogP contribution in [0.15, 0.2) is 54.0 Å². The number of fused-ring (bicyclic) bond motifs is 1. The second-order valence-corrected chi connectivity index (χ2v) is 6.77. The summed E-state index contributed by atoms with van der Waals surface area (Å²) in [5.41, 5.74) is 1.26. The van der Waals surface area contributed by atoms with Gasteiger partial charge in [-0.05, 0) is 30.3 Å². The van der Waals surface area contributed by atoms with Crippen LogP contribution in [0.5, 0.6) is 11.5 Å². The van der Waals surface area contributed by atoms with Crippen LogP contribution >= 0.6 is 22.9 Å². The molecule has 0 N–H and O–H groups in total. The number of ether oxygens (including phenoxy) is 2. The molecule has 3 aromatic rings. The molecular weight excluding hydrogens is 372 g/mol. The molecule has 0 spiro atoms. The topological polar surface area (TPSA) is 52.8 Å². The first-order valence-corrected chi connectivity index (χ1v) is 8.98. The SMILES string of the molecule is C=CCn1c(=NC(=O)c2ccc(OC)c(OC)c2)sc2cccc(Cl)c21. The predicted molar refractivity (Wildman–Crippen MR) is 104 cm³/mol. The molecule has 0 unspecified atom stereocenters. The molecule has 26 heavy (non-hydrogen) atoms. The number of carbonyl (C=O) groups is 1. The van der Waals surface area contributed by atoms with Crippen LogP contribution in [-0.4, -0.2) is 24.7 Å². The summed E-state index contributed by atoms with van der Waals surface area (Å²) in [4.78, 5) is 17.5. The molecule has 0 fully saturated rings. The van der Waals surface area contributed by atoms with Crippen LogP contribution in [0.25, 0.3) is 10.2 Å². The highest BCUT2D eigenvalue weighted by molar-refractivity contribution is 7.16. The van der Waals surface area contributed by atoms with Crippen LogP contribution < -0.4 is 14.3 Å². The van der Waals surface area contributed by atoms with Crippen molar-refractivity contribution in [3.05, 3.63) is 64.4 Å². The zero-order valence-corrected chi connectivity index (χ0v) is 15.9. The first kappa shape index (κ1) is 18.2. The number of halogens is 1. The Hall–Kier alpha value is -2.57. The summed E-state index contributed by atoms with van der Waals surface area (Å²) < 4.78 is 13.3. The maximum atomic E-state index is 12.7. The Morgan fingerprint density at radius 3 is 2.73 bits per heavy atom. The lowest BCUT2D eigenvalue weighted by atomic mass is 10.2. The minimum absolute atomic E-state index is 0.369. The fraction of sp³-hybridized carbons (Fsp3) is 0.158. The van der Waals surface area contributed by atoms with Crippen molar-refractivity contribution in [2.75, 3.05) is 14.2 Å². The molecular formula is C19H17ClN2O3S. The smallest absolute Gasteiger partial charge is 0.279 e. The van der Waals surface area contributed by atoms with Gasteiger partial charge in [0.25, 0.3) is 5.91 Å². The van der Waals surface area contributed by atoms with E-state index in [1.807, 2.05) is 22.8 Å². The van der Waals surface area contributed by atoms with Crippen molar-refractivity contribution in [2.45, 2.75) is 6.54 Å². The number of allylic oxidation sites excluding steroid dienone is 1. The monoisotopic (exact) mass is 388 g/mol. The molecule has 0 aliphatic carbocycles. The first-order chi connectivity index (χ1) is 12.6. The van der Waals surface area contributed by atoms with E-state index in [-0.39, 0.29) is 5.91 Å². The average molecular weight is 389 g/mol. The number of hydrogen-bond donors (Lipinski definition) is 0. The zero-order chi connectivity index (χ0) is 18.7. The molecule has 0 aliphatic rings. The van der Waals surface area contributed by atoms with Gasteiger partial charge in [-0.3, -0.25) is 4.79 Å². The van der Waals surface area contributed by atoms with Crippen molar-refractivity contribution in [3.63, 3.8) is 0 Å². The summed E-state index contributed by atoms with van der Waals surface area (Å²) in [6.45, 7) is 4.28. The van der Waals surface area contributed by atoms with Crippen LogP contribution in [-0.2, 0) is 6.54 Å². The number of para-hydroxylation sites is 1. The summed E-state index contributed by atoms with van der Waals surface area (Å²) in [6.07, 6.45) is 1.75. The number of rotatable bonds is 5.